The Kier molecular flexibility index (Phi) is 4.62. The largest absolute Gasteiger partial charge is 0.456 e. The first-order valence-corrected chi connectivity index (χ1v) is 11.4. The van der Waals surface area contributed by atoms with Crippen molar-refractivity contribution in [3.63, 3.8) is 0 Å². The molecule has 0 amide bonds. The molecule has 5 aromatic rings. The molecule has 158 valence electrons. The molecule has 0 bridgehead atoms. The molecule has 1 aliphatic rings. The lowest BCUT2D eigenvalue weighted by molar-refractivity contribution is 0.488. The first kappa shape index (κ1) is 19.6. The van der Waals surface area contributed by atoms with Gasteiger partial charge >= 0.3 is 0 Å². The second kappa shape index (κ2) is 7.79. The Labute approximate surface area is 194 Å². The normalized spacial score (nSPS) is 11.6. The molecule has 0 spiro atoms. The molecule has 5 aromatic carbocycles. The average Bonchev–Trinajstić information content (AvgIpc) is 2.99. The Hall–Kier alpha value is -4.10. The Morgan fingerprint density at radius 3 is 1.21 bits per heavy atom. The Morgan fingerprint density at radius 1 is 0.394 bits per heavy atom. The minimum Gasteiger partial charge on any atom is -0.456 e. The van der Waals surface area contributed by atoms with Crippen LogP contribution in [0.2, 0.25) is 0 Å². The molecule has 1 heterocycles. The topological polar surface area (TPSA) is 9.23 Å². The van der Waals surface area contributed by atoms with E-state index in [4.69, 9.17) is 4.74 Å². The lowest BCUT2D eigenvalue weighted by Crippen LogP contribution is -1.89. The molecule has 0 saturated carbocycles. The average molecular weight is 425 g/mol. The van der Waals surface area contributed by atoms with E-state index in [1.165, 1.54) is 44.5 Å². The van der Waals surface area contributed by atoms with E-state index in [-0.39, 0.29) is 0 Å². The summed E-state index contributed by atoms with van der Waals surface area (Å²) >= 11 is 0. The van der Waals surface area contributed by atoms with Crippen LogP contribution in [0.15, 0.2) is 109 Å². The van der Waals surface area contributed by atoms with Crippen LogP contribution in [0.3, 0.4) is 0 Å². The van der Waals surface area contributed by atoms with E-state index in [1.54, 1.807) is 0 Å². The van der Waals surface area contributed by atoms with E-state index in [9.17, 15) is 0 Å². The molecule has 0 fully saturated rings. The van der Waals surface area contributed by atoms with Crippen molar-refractivity contribution < 1.29 is 4.74 Å². The molecular formula is C32H24O. The van der Waals surface area contributed by atoms with Crippen molar-refractivity contribution in [1.82, 2.24) is 0 Å². The van der Waals surface area contributed by atoms with E-state index in [2.05, 4.69) is 123 Å². The highest BCUT2D eigenvalue weighted by Crippen LogP contribution is 2.48. The first-order valence-electron chi connectivity index (χ1n) is 11.4. The fourth-order valence-corrected chi connectivity index (χ4v) is 4.86. The molecule has 1 nitrogen and oxygen atoms in total. The summed E-state index contributed by atoms with van der Waals surface area (Å²) in [4.78, 5) is 0. The fourth-order valence-electron chi connectivity index (χ4n) is 4.86. The maximum absolute atomic E-state index is 6.53. The van der Waals surface area contributed by atoms with Crippen molar-refractivity contribution in [2.24, 2.45) is 0 Å². The Morgan fingerprint density at radius 2 is 0.788 bits per heavy atom. The van der Waals surface area contributed by atoms with E-state index in [0.717, 1.165) is 22.6 Å². The number of hydrogen-bond donors (Lipinski definition) is 0. The summed E-state index contributed by atoms with van der Waals surface area (Å²) in [5.74, 6) is 1.78. The van der Waals surface area contributed by atoms with Crippen LogP contribution >= 0.6 is 0 Å². The summed E-state index contributed by atoms with van der Waals surface area (Å²) in [6.45, 7) is 4.32. The zero-order valence-electron chi connectivity index (χ0n) is 18.8. The van der Waals surface area contributed by atoms with E-state index in [0.29, 0.717) is 0 Å². The molecule has 0 aliphatic carbocycles. The van der Waals surface area contributed by atoms with Crippen molar-refractivity contribution >= 4 is 0 Å². The summed E-state index contributed by atoms with van der Waals surface area (Å²) in [6.07, 6.45) is 0. The van der Waals surface area contributed by atoms with Gasteiger partial charge in [-0.25, -0.2) is 0 Å². The molecule has 0 saturated heterocycles. The van der Waals surface area contributed by atoms with Gasteiger partial charge in [-0.3, -0.25) is 0 Å². The summed E-state index contributed by atoms with van der Waals surface area (Å²) in [6, 6.07) is 38.8. The molecule has 33 heavy (non-hydrogen) atoms. The molecule has 0 atom stereocenters. The molecule has 0 aromatic heterocycles. The zero-order chi connectivity index (χ0) is 22.4. The van der Waals surface area contributed by atoms with Gasteiger partial charge in [-0.1, -0.05) is 84.9 Å². The van der Waals surface area contributed by atoms with Gasteiger partial charge < -0.3 is 4.74 Å². The highest BCUT2D eigenvalue weighted by molar-refractivity contribution is 5.93. The molecule has 0 radical (unpaired) electrons. The molecule has 0 unspecified atom stereocenters. The summed E-state index contributed by atoms with van der Waals surface area (Å²) < 4.78 is 6.53. The van der Waals surface area contributed by atoms with Gasteiger partial charge in [0, 0.05) is 11.1 Å². The summed E-state index contributed by atoms with van der Waals surface area (Å²) in [5.41, 5.74) is 12.1. The van der Waals surface area contributed by atoms with Gasteiger partial charge in [0.05, 0.1) is 0 Å². The molecule has 0 N–H and O–H groups in total. The summed E-state index contributed by atoms with van der Waals surface area (Å²) in [5, 5.41) is 0. The van der Waals surface area contributed by atoms with Crippen LogP contribution in [0.1, 0.15) is 11.1 Å². The quantitative estimate of drug-likeness (QED) is 0.269. The van der Waals surface area contributed by atoms with Crippen LogP contribution in [0.4, 0.5) is 0 Å². The maximum atomic E-state index is 6.53. The molecule has 1 aliphatic heterocycles. The van der Waals surface area contributed by atoms with Gasteiger partial charge in [-0.2, -0.15) is 0 Å². The van der Waals surface area contributed by atoms with Gasteiger partial charge in [0.2, 0.25) is 0 Å². The smallest absolute Gasteiger partial charge is 0.135 e. The highest BCUT2D eigenvalue weighted by atomic mass is 16.5. The van der Waals surface area contributed by atoms with Crippen molar-refractivity contribution in [3.8, 4) is 56.0 Å². The molecule has 6 rings (SSSR count). The third kappa shape index (κ3) is 3.34. The number of fused-ring (bicyclic) bond motifs is 5. The third-order valence-corrected chi connectivity index (χ3v) is 6.60. The zero-order valence-corrected chi connectivity index (χ0v) is 18.8. The fraction of sp³-hybridized carbons (Fsp3) is 0.0625. The van der Waals surface area contributed by atoms with Gasteiger partial charge in [0.25, 0.3) is 0 Å². The van der Waals surface area contributed by atoms with Crippen molar-refractivity contribution in [2.75, 3.05) is 0 Å². The van der Waals surface area contributed by atoms with Crippen molar-refractivity contribution in [2.45, 2.75) is 13.8 Å². The van der Waals surface area contributed by atoms with Crippen LogP contribution in [-0.4, -0.2) is 0 Å². The Balaban J connectivity index is 1.56. The second-order valence-electron chi connectivity index (χ2n) is 8.70. The maximum Gasteiger partial charge on any atom is 0.135 e. The SMILES string of the molecule is Cc1ccccc1-c1ccc2c(c1)-c1ccccc1-c1cc(-c3ccccc3C)ccc1O2. The van der Waals surface area contributed by atoms with Crippen LogP contribution < -0.4 is 4.74 Å². The molecular weight excluding hydrogens is 400 g/mol. The number of benzene rings is 5. The van der Waals surface area contributed by atoms with Gasteiger partial charge in [-0.05, 0) is 82.6 Å². The predicted octanol–water partition coefficient (Wildman–Crippen LogP) is 9.08. The van der Waals surface area contributed by atoms with E-state index in [1.807, 2.05) is 0 Å². The Bertz CT molecular complexity index is 1400. The second-order valence-corrected chi connectivity index (χ2v) is 8.70. The number of rotatable bonds is 2. The van der Waals surface area contributed by atoms with E-state index >= 15 is 0 Å². The first-order chi connectivity index (χ1) is 16.2. The van der Waals surface area contributed by atoms with Gasteiger partial charge in [0.15, 0.2) is 0 Å². The lowest BCUT2D eigenvalue weighted by Gasteiger charge is -2.13. The standard InChI is InChI=1S/C32H24O/c1-21-9-3-5-11-25(21)23-15-17-31-29(19-23)27-13-7-8-14-28(27)30-20-24(16-18-32(30)33-31)26-12-6-4-10-22(26)2/h3-20H,1-2H3. The highest BCUT2D eigenvalue weighted by Gasteiger charge is 2.22. The predicted molar refractivity (Wildman–Crippen MR) is 138 cm³/mol. The van der Waals surface area contributed by atoms with Gasteiger partial charge in [0.1, 0.15) is 11.5 Å². The monoisotopic (exact) mass is 424 g/mol. The van der Waals surface area contributed by atoms with Crippen molar-refractivity contribution in [3.05, 3.63) is 120 Å². The van der Waals surface area contributed by atoms with Gasteiger partial charge in [-0.15, -0.1) is 0 Å². The minimum absolute atomic E-state index is 0.891. The van der Waals surface area contributed by atoms with Crippen molar-refractivity contribution in [1.29, 1.82) is 0 Å². The third-order valence-electron chi connectivity index (χ3n) is 6.60. The van der Waals surface area contributed by atoms with Crippen LogP contribution in [0, 0.1) is 13.8 Å². The number of aryl methyl sites for hydroxylation is 2. The summed E-state index contributed by atoms with van der Waals surface area (Å²) in [7, 11) is 0. The number of ether oxygens (including phenoxy) is 1. The minimum atomic E-state index is 0.891. The number of hydrogen-bond acceptors (Lipinski definition) is 1. The lowest BCUT2D eigenvalue weighted by atomic mass is 9.90. The van der Waals surface area contributed by atoms with Crippen LogP contribution in [-0.2, 0) is 0 Å². The van der Waals surface area contributed by atoms with E-state index < -0.39 is 0 Å². The molecule has 1 heteroatoms. The van der Waals surface area contributed by atoms with Crippen LogP contribution in [0.5, 0.6) is 11.5 Å². The van der Waals surface area contributed by atoms with Crippen LogP contribution in [0.25, 0.3) is 44.5 Å².